The number of rotatable bonds is 3. The Labute approximate surface area is 93.5 Å². The molecule has 0 radical (unpaired) electrons. The SMILES string of the molecule is C#CCSc1nc2ccc(CC)cc2[nH]1. The molecule has 76 valence electrons. The molecule has 0 saturated heterocycles. The van der Waals surface area contributed by atoms with Gasteiger partial charge in [0.2, 0.25) is 0 Å². The number of H-pyrrole nitrogens is 1. The highest BCUT2D eigenvalue weighted by atomic mass is 32.2. The number of terminal acetylenes is 1. The van der Waals surface area contributed by atoms with Gasteiger partial charge >= 0.3 is 0 Å². The van der Waals surface area contributed by atoms with E-state index < -0.39 is 0 Å². The smallest absolute Gasteiger partial charge is 0.167 e. The lowest BCUT2D eigenvalue weighted by atomic mass is 10.1. The minimum Gasteiger partial charge on any atom is -0.333 e. The number of fused-ring (bicyclic) bond motifs is 1. The third kappa shape index (κ3) is 2.16. The highest BCUT2D eigenvalue weighted by molar-refractivity contribution is 7.99. The third-order valence-electron chi connectivity index (χ3n) is 2.23. The molecule has 0 bridgehead atoms. The van der Waals surface area contributed by atoms with Crippen LogP contribution in [0.2, 0.25) is 0 Å². The van der Waals surface area contributed by atoms with Crippen molar-refractivity contribution in [3.8, 4) is 12.3 Å². The quantitative estimate of drug-likeness (QED) is 0.631. The fourth-order valence-corrected chi connectivity index (χ4v) is 2.00. The summed E-state index contributed by atoms with van der Waals surface area (Å²) in [5, 5.41) is 0.899. The number of hydrogen-bond acceptors (Lipinski definition) is 2. The van der Waals surface area contributed by atoms with Crippen LogP contribution in [0.5, 0.6) is 0 Å². The second kappa shape index (κ2) is 4.41. The van der Waals surface area contributed by atoms with Crippen molar-refractivity contribution < 1.29 is 0 Å². The number of aryl methyl sites for hydroxylation is 1. The van der Waals surface area contributed by atoms with Gasteiger partial charge in [-0.1, -0.05) is 30.7 Å². The topological polar surface area (TPSA) is 28.7 Å². The maximum Gasteiger partial charge on any atom is 0.167 e. The third-order valence-corrected chi connectivity index (χ3v) is 3.00. The molecule has 1 N–H and O–H groups in total. The van der Waals surface area contributed by atoms with E-state index in [9.17, 15) is 0 Å². The van der Waals surface area contributed by atoms with Crippen LogP contribution in [0.1, 0.15) is 12.5 Å². The largest absolute Gasteiger partial charge is 0.333 e. The highest BCUT2D eigenvalue weighted by Crippen LogP contribution is 2.20. The number of aromatic nitrogens is 2. The maximum absolute atomic E-state index is 5.20. The zero-order valence-electron chi connectivity index (χ0n) is 8.58. The van der Waals surface area contributed by atoms with Crippen molar-refractivity contribution in [1.82, 2.24) is 9.97 Å². The van der Waals surface area contributed by atoms with Gasteiger partial charge in [-0.3, -0.25) is 0 Å². The summed E-state index contributed by atoms with van der Waals surface area (Å²) in [6.45, 7) is 2.14. The zero-order valence-corrected chi connectivity index (χ0v) is 9.40. The van der Waals surface area contributed by atoms with Gasteiger partial charge < -0.3 is 4.98 Å². The first-order valence-electron chi connectivity index (χ1n) is 4.88. The van der Waals surface area contributed by atoms with E-state index in [0.717, 1.165) is 22.6 Å². The van der Waals surface area contributed by atoms with E-state index >= 15 is 0 Å². The summed E-state index contributed by atoms with van der Waals surface area (Å²) in [4.78, 5) is 7.70. The summed E-state index contributed by atoms with van der Waals surface area (Å²) in [5.41, 5.74) is 3.42. The van der Waals surface area contributed by atoms with Crippen molar-refractivity contribution in [2.45, 2.75) is 18.5 Å². The van der Waals surface area contributed by atoms with Crippen LogP contribution < -0.4 is 0 Å². The first-order chi connectivity index (χ1) is 7.33. The van der Waals surface area contributed by atoms with Crippen molar-refractivity contribution in [1.29, 1.82) is 0 Å². The van der Waals surface area contributed by atoms with E-state index in [0.29, 0.717) is 5.75 Å². The number of hydrogen-bond donors (Lipinski definition) is 1. The van der Waals surface area contributed by atoms with Gasteiger partial charge in [-0.15, -0.1) is 6.42 Å². The summed E-state index contributed by atoms with van der Waals surface area (Å²) < 4.78 is 0. The van der Waals surface area contributed by atoms with Crippen molar-refractivity contribution in [2.75, 3.05) is 5.75 Å². The Morgan fingerprint density at radius 2 is 2.40 bits per heavy atom. The first-order valence-corrected chi connectivity index (χ1v) is 5.87. The van der Waals surface area contributed by atoms with Gasteiger partial charge in [0.1, 0.15) is 0 Å². The Bertz CT molecular complexity index is 508. The molecule has 0 atom stereocenters. The number of imidazole rings is 1. The van der Waals surface area contributed by atoms with Crippen LogP contribution in [0.3, 0.4) is 0 Å². The van der Waals surface area contributed by atoms with E-state index in [1.54, 1.807) is 11.8 Å². The fourth-order valence-electron chi connectivity index (χ4n) is 1.43. The van der Waals surface area contributed by atoms with E-state index in [-0.39, 0.29) is 0 Å². The number of aromatic amines is 1. The zero-order chi connectivity index (χ0) is 10.7. The lowest BCUT2D eigenvalue weighted by molar-refractivity contribution is 1.08. The van der Waals surface area contributed by atoms with Crippen LogP contribution in [-0.4, -0.2) is 15.7 Å². The molecule has 0 fully saturated rings. The number of nitrogens with one attached hydrogen (secondary N) is 1. The number of thioether (sulfide) groups is 1. The molecule has 1 aromatic carbocycles. The predicted molar refractivity (Wildman–Crippen MR) is 65.0 cm³/mol. The van der Waals surface area contributed by atoms with Crippen LogP contribution >= 0.6 is 11.8 Å². The van der Waals surface area contributed by atoms with Crippen LogP contribution in [0.25, 0.3) is 11.0 Å². The van der Waals surface area contributed by atoms with Gasteiger partial charge in [0.05, 0.1) is 16.8 Å². The average Bonchev–Trinajstić information content (AvgIpc) is 2.67. The Kier molecular flexibility index (Phi) is 2.98. The van der Waals surface area contributed by atoms with Crippen molar-refractivity contribution in [3.63, 3.8) is 0 Å². The van der Waals surface area contributed by atoms with E-state index in [1.165, 1.54) is 5.56 Å². The van der Waals surface area contributed by atoms with Crippen molar-refractivity contribution >= 4 is 22.8 Å². The summed E-state index contributed by atoms with van der Waals surface area (Å²) in [5.74, 6) is 3.24. The molecule has 15 heavy (non-hydrogen) atoms. The molecule has 0 amide bonds. The standard InChI is InChI=1S/C12H12N2S/c1-3-7-15-12-13-10-6-5-9(4-2)8-11(10)14-12/h1,5-6,8H,4,7H2,2H3,(H,13,14). The van der Waals surface area contributed by atoms with E-state index in [4.69, 9.17) is 6.42 Å². The van der Waals surface area contributed by atoms with Gasteiger partial charge in [0.25, 0.3) is 0 Å². The molecule has 1 aromatic heterocycles. The molecule has 2 rings (SSSR count). The van der Waals surface area contributed by atoms with Crippen LogP contribution in [-0.2, 0) is 6.42 Å². The van der Waals surface area contributed by atoms with Gasteiger partial charge in [0.15, 0.2) is 5.16 Å². The molecule has 0 aliphatic rings. The van der Waals surface area contributed by atoms with Gasteiger partial charge in [0, 0.05) is 0 Å². The fraction of sp³-hybridized carbons (Fsp3) is 0.250. The molecule has 0 saturated carbocycles. The van der Waals surface area contributed by atoms with Gasteiger partial charge in [-0.25, -0.2) is 4.98 Å². The van der Waals surface area contributed by atoms with Gasteiger partial charge in [-0.2, -0.15) is 0 Å². The molecule has 0 unspecified atom stereocenters. The summed E-state index contributed by atoms with van der Waals surface area (Å²) in [6, 6.07) is 6.30. The van der Waals surface area contributed by atoms with Crippen molar-refractivity contribution in [2.24, 2.45) is 0 Å². The first kappa shape index (κ1) is 10.1. The van der Waals surface area contributed by atoms with Crippen LogP contribution in [0.15, 0.2) is 23.4 Å². The second-order valence-electron chi connectivity index (χ2n) is 3.24. The van der Waals surface area contributed by atoms with E-state index in [1.807, 2.05) is 6.07 Å². The predicted octanol–water partition coefficient (Wildman–Crippen LogP) is 2.85. The van der Waals surface area contributed by atoms with Crippen LogP contribution in [0.4, 0.5) is 0 Å². The Morgan fingerprint density at radius 1 is 1.53 bits per heavy atom. The molecule has 1 heterocycles. The molecule has 0 aliphatic carbocycles. The monoisotopic (exact) mass is 216 g/mol. The summed E-state index contributed by atoms with van der Waals surface area (Å²) >= 11 is 1.56. The molecule has 2 nitrogen and oxygen atoms in total. The molecule has 0 spiro atoms. The molecular weight excluding hydrogens is 204 g/mol. The molecular formula is C12H12N2S. The molecule has 2 aromatic rings. The minimum absolute atomic E-state index is 0.653. The molecule has 3 heteroatoms. The Hall–Kier alpha value is -1.40. The average molecular weight is 216 g/mol. The highest BCUT2D eigenvalue weighted by Gasteiger charge is 2.02. The molecule has 0 aliphatic heterocycles. The van der Waals surface area contributed by atoms with Gasteiger partial charge in [-0.05, 0) is 24.1 Å². The van der Waals surface area contributed by atoms with Crippen LogP contribution in [0, 0.1) is 12.3 Å². The number of nitrogens with zero attached hydrogens (tertiary/aromatic N) is 1. The second-order valence-corrected chi connectivity index (χ2v) is 4.20. The lowest BCUT2D eigenvalue weighted by Crippen LogP contribution is -1.78. The maximum atomic E-state index is 5.20. The summed E-state index contributed by atoms with van der Waals surface area (Å²) in [6.07, 6.45) is 6.25. The Morgan fingerprint density at radius 3 is 3.13 bits per heavy atom. The minimum atomic E-state index is 0.653. The number of benzene rings is 1. The lowest BCUT2D eigenvalue weighted by Gasteiger charge is -1.93. The normalized spacial score (nSPS) is 10.4. The van der Waals surface area contributed by atoms with Crippen molar-refractivity contribution in [3.05, 3.63) is 23.8 Å². The summed E-state index contributed by atoms with van der Waals surface area (Å²) in [7, 11) is 0. The Balaban J connectivity index is 2.34. The van der Waals surface area contributed by atoms with E-state index in [2.05, 4.69) is 34.9 Å².